The summed E-state index contributed by atoms with van der Waals surface area (Å²) in [5.41, 5.74) is 6.59. The molecule has 5 heteroatoms. The van der Waals surface area contributed by atoms with Gasteiger partial charge in [-0.3, -0.25) is 4.52 Å². The van der Waals surface area contributed by atoms with E-state index in [2.05, 4.69) is 70.4 Å². The molecule has 0 aromatic carbocycles. The molecule has 4 nitrogen and oxygen atoms in total. The number of phosphoric ester groups is 1. The third-order valence-corrected chi connectivity index (χ3v) is 5.41. The molecule has 172 valence electrons. The third-order valence-electron chi connectivity index (χ3n) is 4.92. The van der Waals surface area contributed by atoms with E-state index in [-0.39, 0.29) is 6.61 Å². The van der Waals surface area contributed by atoms with Gasteiger partial charge in [0, 0.05) is 0 Å². The van der Waals surface area contributed by atoms with Gasteiger partial charge in [0.15, 0.2) is 0 Å². The van der Waals surface area contributed by atoms with Gasteiger partial charge >= 0.3 is 7.82 Å². The van der Waals surface area contributed by atoms with E-state index in [1.807, 2.05) is 6.92 Å². The number of hydrogen-bond acceptors (Lipinski definition) is 2. The van der Waals surface area contributed by atoms with Crippen molar-refractivity contribution >= 4 is 7.82 Å². The van der Waals surface area contributed by atoms with E-state index in [0.717, 1.165) is 44.1 Å². The Morgan fingerprint density at radius 1 is 0.833 bits per heavy atom. The van der Waals surface area contributed by atoms with Gasteiger partial charge < -0.3 is 9.79 Å². The van der Waals surface area contributed by atoms with Crippen LogP contribution in [0.4, 0.5) is 0 Å². The Bertz CT molecular complexity index is 697. The first-order valence-corrected chi connectivity index (χ1v) is 12.4. The fraction of sp³-hybridized carbons (Fsp3) is 0.600. The molecule has 0 spiro atoms. The summed E-state index contributed by atoms with van der Waals surface area (Å²) in [5, 5.41) is 0. The number of phosphoric acid groups is 1. The summed E-state index contributed by atoms with van der Waals surface area (Å²) in [7, 11) is -4.41. The highest BCUT2D eigenvalue weighted by Crippen LogP contribution is 2.35. The average Bonchev–Trinajstić information content (AvgIpc) is 2.59. The lowest BCUT2D eigenvalue weighted by atomic mass is 9.90. The summed E-state index contributed by atoms with van der Waals surface area (Å²) in [6.07, 6.45) is 17.0. The Balaban J connectivity index is 5.10. The molecule has 0 saturated carbocycles. The molecule has 0 aliphatic rings. The molecule has 0 aliphatic carbocycles. The van der Waals surface area contributed by atoms with Crippen molar-refractivity contribution in [3.05, 3.63) is 58.2 Å². The van der Waals surface area contributed by atoms with E-state index >= 15 is 0 Å². The summed E-state index contributed by atoms with van der Waals surface area (Å²) in [6, 6.07) is 0. The average molecular weight is 439 g/mol. The normalized spacial score (nSPS) is 14.5. The van der Waals surface area contributed by atoms with Crippen LogP contribution in [-0.4, -0.2) is 16.4 Å². The molecule has 0 radical (unpaired) electrons. The summed E-state index contributed by atoms with van der Waals surface area (Å²) in [4.78, 5) is 17.6. The van der Waals surface area contributed by atoms with E-state index < -0.39 is 7.82 Å². The molecular formula is C25H43O4P. The van der Waals surface area contributed by atoms with Crippen LogP contribution in [0.25, 0.3) is 0 Å². The van der Waals surface area contributed by atoms with Gasteiger partial charge in [-0.25, -0.2) is 4.57 Å². The van der Waals surface area contributed by atoms with Crippen molar-refractivity contribution in [2.45, 2.75) is 87.0 Å². The lowest BCUT2D eigenvalue weighted by molar-refractivity contribution is 0.215. The predicted octanol–water partition coefficient (Wildman–Crippen LogP) is 7.82. The van der Waals surface area contributed by atoms with Crippen LogP contribution in [0.3, 0.4) is 0 Å². The molecular weight excluding hydrogens is 395 g/mol. The maximum atomic E-state index is 10.8. The van der Waals surface area contributed by atoms with Gasteiger partial charge in [0.25, 0.3) is 0 Å². The molecule has 0 aromatic heterocycles. The molecule has 0 amide bonds. The third kappa shape index (κ3) is 17.7. The monoisotopic (exact) mass is 438 g/mol. The number of allylic oxidation sites excluding steroid dienone is 9. The molecule has 0 saturated heterocycles. The first-order chi connectivity index (χ1) is 13.9. The van der Waals surface area contributed by atoms with Gasteiger partial charge in [0.1, 0.15) is 0 Å². The van der Waals surface area contributed by atoms with E-state index in [1.54, 1.807) is 6.08 Å². The van der Waals surface area contributed by atoms with Crippen molar-refractivity contribution in [3.8, 4) is 0 Å². The Morgan fingerprint density at radius 2 is 1.43 bits per heavy atom. The molecule has 0 aliphatic heterocycles. The van der Waals surface area contributed by atoms with Crippen LogP contribution in [0.5, 0.6) is 0 Å². The van der Waals surface area contributed by atoms with Gasteiger partial charge in [-0.2, -0.15) is 0 Å². The zero-order valence-corrected chi connectivity index (χ0v) is 21.0. The molecule has 1 unspecified atom stereocenters. The minimum absolute atomic E-state index is 0.0707. The van der Waals surface area contributed by atoms with Gasteiger partial charge in [-0.1, -0.05) is 65.2 Å². The van der Waals surface area contributed by atoms with E-state index in [4.69, 9.17) is 9.79 Å². The van der Waals surface area contributed by atoms with Gasteiger partial charge in [-0.05, 0) is 86.0 Å². The van der Waals surface area contributed by atoms with Crippen LogP contribution in [0.15, 0.2) is 58.2 Å². The molecule has 2 N–H and O–H groups in total. The first kappa shape index (κ1) is 28.8. The molecule has 0 heterocycles. The lowest BCUT2D eigenvalue weighted by Crippen LogP contribution is -2.00. The van der Waals surface area contributed by atoms with Gasteiger partial charge in [0.2, 0.25) is 0 Å². The van der Waals surface area contributed by atoms with Crippen molar-refractivity contribution < 1.29 is 18.9 Å². The van der Waals surface area contributed by atoms with Crippen molar-refractivity contribution in [2.24, 2.45) is 5.92 Å². The van der Waals surface area contributed by atoms with Crippen molar-refractivity contribution in [1.29, 1.82) is 0 Å². The Kier molecular flexibility index (Phi) is 15.0. The highest BCUT2D eigenvalue weighted by molar-refractivity contribution is 7.46. The largest absolute Gasteiger partial charge is 0.469 e. The first-order valence-electron chi connectivity index (χ1n) is 10.9. The fourth-order valence-electron chi connectivity index (χ4n) is 2.93. The summed E-state index contributed by atoms with van der Waals surface area (Å²) >= 11 is 0. The maximum absolute atomic E-state index is 10.8. The van der Waals surface area contributed by atoms with Crippen LogP contribution in [0, 0.1) is 5.92 Å². The predicted molar refractivity (Wildman–Crippen MR) is 129 cm³/mol. The smallest absolute Gasteiger partial charge is 0.303 e. The molecule has 0 rings (SSSR count). The summed E-state index contributed by atoms with van der Waals surface area (Å²) < 4.78 is 15.3. The maximum Gasteiger partial charge on any atom is 0.469 e. The Hall–Kier alpha value is -1.19. The van der Waals surface area contributed by atoms with Gasteiger partial charge in [0.05, 0.1) is 6.61 Å². The number of rotatable bonds is 14. The standard InChI is InChI=1S/C25H43O4P/c1-20(2)10-8-12-22(5)14-16-25(24(7)13-9-11-21(3)4)17-15-23(6)18-19-29-30(26,27)28/h10-11,14,17-18,24H,8-9,12-13,15-16,19H2,1-7H3,(H2,26,27,28)/b22-14+,23-18+,25-17+. The minimum atomic E-state index is -4.41. The number of hydrogen-bond donors (Lipinski definition) is 2. The molecule has 0 bridgehead atoms. The van der Waals surface area contributed by atoms with Crippen LogP contribution < -0.4 is 0 Å². The van der Waals surface area contributed by atoms with Crippen LogP contribution in [-0.2, 0) is 9.09 Å². The second-order valence-electron chi connectivity index (χ2n) is 8.65. The van der Waals surface area contributed by atoms with Crippen LogP contribution in [0.2, 0.25) is 0 Å². The topological polar surface area (TPSA) is 66.8 Å². The zero-order valence-electron chi connectivity index (χ0n) is 20.1. The second kappa shape index (κ2) is 15.6. The Morgan fingerprint density at radius 3 is 2.00 bits per heavy atom. The highest BCUT2D eigenvalue weighted by Gasteiger charge is 2.12. The SMILES string of the molecule is CC(C)=CCC/C(C)=C/C/C(=C\C/C(C)=C/COP(=O)(O)O)C(C)CCC=C(C)C. The van der Waals surface area contributed by atoms with Crippen LogP contribution >= 0.6 is 7.82 Å². The molecule has 1 atom stereocenters. The molecule has 0 fully saturated rings. The highest BCUT2D eigenvalue weighted by atomic mass is 31.2. The second-order valence-corrected chi connectivity index (χ2v) is 9.89. The summed E-state index contributed by atoms with van der Waals surface area (Å²) in [6.45, 7) is 14.9. The zero-order chi connectivity index (χ0) is 23.2. The lowest BCUT2D eigenvalue weighted by Gasteiger charge is -2.15. The molecule has 30 heavy (non-hydrogen) atoms. The van der Waals surface area contributed by atoms with E-state index in [1.165, 1.54) is 22.3 Å². The van der Waals surface area contributed by atoms with E-state index in [0.29, 0.717) is 5.92 Å². The quantitative estimate of drug-likeness (QED) is 0.214. The Labute approximate surface area is 184 Å². The van der Waals surface area contributed by atoms with Crippen molar-refractivity contribution in [2.75, 3.05) is 6.61 Å². The van der Waals surface area contributed by atoms with Crippen LogP contribution in [0.1, 0.15) is 87.0 Å². The minimum Gasteiger partial charge on any atom is -0.303 e. The molecule has 0 aromatic rings. The van der Waals surface area contributed by atoms with Crippen molar-refractivity contribution in [3.63, 3.8) is 0 Å². The van der Waals surface area contributed by atoms with Gasteiger partial charge in [-0.15, -0.1) is 0 Å². The van der Waals surface area contributed by atoms with Crippen molar-refractivity contribution in [1.82, 2.24) is 0 Å². The van der Waals surface area contributed by atoms with E-state index in [9.17, 15) is 4.57 Å². The summed E-state index contributed by atoms with van der Waals surface area (Å²) in [5.74, 6) is 0.488. The fourth-order valence-corrected chi connectivity index (χ4v) is 3.20.